The Morgan fingerprint density at radius 2 is 1.57 bits per heavy atom. The number of methoxy groups -OCH3 is 1. The SMILES string of the molecule is CCc1ccc(S(=O)(=O)Nc2cc(C(=O)O)ccc2N2CCN(c3ccccc3OC)CC2)cc1. The number of benzene rings is 3. The summed E-state index contributed by atoms with van der Waals surface area (Å²) < 4.78 is 34.4. The van der Waals surface area contributed by atoms with E-state index in [2.05, 4.69) is 14.5 Å². The molecule has 35 heavy (non-hydrogen) atoms. The molecule has 0 saturated carbocycles. The van der Waals surface area contributed by atoms with Crippen LogP contribution in [0.5, 0.6) is 5.75 Å². The topological polar surface area (TPSA) is 99.2 Å². The Morgan fingerprint density at radius 3 is 2.17 bits per heavy atom. The van der Waals surface area contributed by atoms with Crippen LogP contribution in [0, 0.1) is 0 Å². The number of carboxylic acid groups (broad SMARTS) is 1. The molecule has 0 amide bonds. The standard InChI is InChI=1S/C26H29N3O5S/c1-3-19-8-11-21(12-9-19)35(32,33)27-22-18-20(26(30)31)10-13-23(22)28-14-16-29(17-15-28)24-6-4-5-7-25(24)34-2/h4-13,18,27H,3,14-17H2,1-2H3,(H,30,31). The number of nitrogens with zero attached hydrogens (tertiary/aromatic N) is 2. The van der Waals surface area contributed by atoms with E-state index in [4.69, 9.17) is 4.74 Å². The van der Waals surface area contributed by atoms with E-state index in [0.717, 1.165) is 23.4 Å². The molecule has 1 aliphatic rings. The Bertz CT molecular complexity index is 1300. The van der Waals surface area contributed by atoms with Crippen molar-refractivity contribution in [2.75, 3.05) is 47.8 Å². The molecule has 0 bridgehead atoms. The zero-order valence-corrected chi connectivity index (χ0v) is 20.6. The number of ether oxygens (including phenoxy) is 1. The molecule has 1 aliphatic heterocycles. The number of carbonyl (C=O) groups is 1. The van der Waals surface area contributed by atoms with Gasteiger partial charge < -0.3 is 19.6 Å². The van der Waals surface area contributed by atoms with Gasteiger partial charge in [0.25, 0.3) is 10.0 Å². The quantitative estimate of drug-likeness (QED) is 0.486. The predicted molar refractivity (Wildman–Crippen MR) is 137 cm³/mol. The minimum Gasteiger partial charge on any atom is -0.495 e. The summed E-state index contributed by atoms with van der Waals surface area (Å²) in [5.74, 6) is -0.320. The lowest BCUT2D eigenvalue weighted by atomic mass is 10.1. The molecule has 3 aromatic carbocycles. The summed E-state index contributed by atoms with van der Waals surface area (Å²) in [7, 11) is -2.26. The van der Waals surface area contributed by atoms with Gasteiger partial charge in [0, 0.05) is 26.2 Å². The van der Waals surface area contributed by atoms with Gasteiger partial charge in [-0.15, -0.1) is 0 Å². The fourth-order valence-electron chi connectivity index (χ4n) is 4.21. The van der Waals surface area contributed by atoms with Gasteiger partial charge in [-0.05, 0) is 54.4 Å². The molecule has 184 valence electrons. The van der Waals surface area contributed by atoms with Gasteiger partial charge in [-0.3, -0.25) is 4.72 Å². The zero-order valence-electron chi connectivity index (χ0n) is 19.8. The average Bonchev–Trinajstić information content (AvgIpc) is 2.88. The molecule has 2 N–H and O–H groups in total. The second-order valence-electron chi connectivity index (χ2n) is 8.29. The summed E-state index contributed by atoms with van der Waals surface area (Å²) in [5.41, 5.74) is 2.94. The lowest BCUT2D eigenvalue weighted by Gasteiger charge is -2.38. The van der Waals surface area contributed by atoms with Crippen LogP contribution in [0.4, 0.5) is 17.1 Å². The second-order valence-corrected chi connectivity index (χ2v) is 9.97. The highest BCUT2D eigenvalue weighted by atomic mass is 32.2. The molecule has 0 radical (unpaired) electrons. The van der Waals surface area contributed by atoms with E-state index in [9.17, 15) is 18.3 Å². The van der Waals surface area contributed by atoms with E-state index < -0.39 is 16.0 Å². The van der Waals surface area contributed by atoms with Crippen molar-refractivity contribution in [3.8, 4) is 5.75 Å². The number of hydrogen-bond donors (Lipinski definition) is 2. The molecule has 3 aromatic rings. The number of piperazine rings is 1. The maximum Gasteiger partial charge on any atom is 0.335 e. The monoisotopic (exact) mass is 495 g/mol. The third-order valence-electron chi connectivity index (χ3n) is 6.18. The second kappa shape index (κ2) is 10.3. The highest BCUT2D eigenvalue weighted by Gasteiger charge is 2.24. The first-order valence-electron chi connectivity index (χ1n) is 11.4. The van der Waals surface area contributed by atoms with Crippen molar-refractivity contribution in [3.05, 3.63) is 77.9 Å². The molecule has 0 unspecified atom stereocenters. The Hall–Kier alpha value is -3.72. The van der Waals surface area contributed by atoms with E-state index in [0.29, 0.717) is 31.9 Å². The van der Waals surface area contributed by atoms with Crippen LogP contribution in [-0.2, 0) is 16.4 Å². The van der Waals surface area contributed by atoms with E-state index >= 15 is 0 Å². The van der Waals surface area contributed by atoms with E-state index in [1.54, 1.807) is 37.4 Å². The highest BCUT2D eigenvalue weighted by Crippen LogP contribution is 2.33. The minimum absolute atomic E-state index is 0.0143. The summed E-state index contributed by atoms with van der Waals surface area (Å²) in [6.45, 7) is 4.66. The first-order valence-corrected chi connectivity index (χ1v) is 12.9. The third-order valence-corrected chi connectivity index (χ3v) is 7.56. The van der Waals surface area contributed by atoms with Crippen LogP contribution >= 0.6 is 0 Å². The van der Waals surface area contributed by atoms with Crippen molar-refractivity contribution in [1.82, 2.24) is 0 Å². The van der Waals surface area contributed by atoms with E-state index in [-0.39, 0.29) is 16.1 Å². The zero-order chi connectivity index (χ0) is 25.0. The molecular formula is C26H29N3O5S. The summed E-state index contributed by atoms with van der Waals surface area (Å²) in [6, 6.07) is 19.1. The molecule has 0 aromatic heterocycles. The molecule has 1 heterocycles. The smallest absolute Gasteiger partial charge is 0.335 e. The van der Waals surface area contributed by atoms with Crippen LogP contribution in [-0.4, -0.2) is 52.8 Å². The van der Waals surface area contributed by atoms with Crippen molar-refractivity contribution in [2.45, 2.75) is 18.2 Å². The Kier molecular flexibility index (Phi) is 7.16. The summed E-state index contributed by atoms with van der Waals surface area (Å²) in [4.78, 5) is 16.0. The largest absolute Gasteiger partial charge is 0.495 e. The van der Waals surface area contributed by atoms with Gasteiger partial charge in [-0.1, -0.05) is 31.2 Å². The van der Waals surface area contributed by atoms with E-state index in [1.165, 1.54) is 12.1 Å². The number of sulfonamides is 1. The Morgan fingerprint density at radius 1 is 0.943 bits per heavy atom. The number of carboxylic acids is 1. The molecule has 9 heteroatoms. The average molecular weight is 496 g/mol. The van der Waals surface area contributed by atoms with Gasteiger partial charge in [-0.25, -0.2) is 13.2 Å². The summed E-state index contributed by atoms with van der Waals surface area (Å²) in [6.07, 6.45) is 0.805. The van der Waals surface area contributed by atoms with Crippen LogP contribution in [0.1, 0.15) is 22.8 Å². The van der Waals surface area contributed by atoms with Gasteiger partial charge >= 0.3 is 5.97 Å². The maximum atomic E-state index is 13.1. The number of aryl methyl sites for hydroxylation is 1. The highest BCUT2D eigenvalue weighted by molar-refractivity contribution is 7.92. The first kappa shape index (κ1) is 24.4. The fraction of sp³-hybridized carbons (Fsp3) is 0.269. The number of hydrogen-bond acceptors (Lipinski definition) is 6. The normalized spacial score (nSPS) is 14.0. The number of para-hydroxylation sites is 2. The van der Waals surface area contributed by atoms with Gasteiger partial charge in [0.2, 0.25) is 0 Å². The molecule has 0 spiro atoms. The van der Waals surface area contributed by atoms with Gasteiger partial charge in [-0.2, -0.15) is 0 Å². The number of aromatic carboxylic acids is 1. The maximum absolute atomic E-state index is 13.1. The molecule has 0 aliphatic carbocycles. The molecule has 8 nitrogen and oxygen atoms in total. The molecular weight excluding hydrogens is 466 g/mol. The van der Waals surface area contributed by atoms with Crippen LogP contribution < -0.4 is 19.3 Å². The molecule has 1 fully saturated rings. The van der Waals surface area contributed by atoms with Crippen LogP contribution in [0.3, 0.4) is 0 Å². The fourth-order valence-corrected chi connectivity index (χ4v) is 5.28. The van der Waals surface area contributed by atoms with Crippen molar-refractivity contribution in [1.29, 1.82) is 0 Å². The van der Waals surface area contributed by atoms with Crippen molar-refractivity contribution < 1.29 is 23.1 Å². The van der Waals surface area contributed by atoms with Crippen molar-refractivity contribution >= 4 is 33.1 Å². The number of rotatable bonds is 8. The number of nitrogens with one attached hydrogen (secondary N) is 1. The summed E-state index contributed by atoms with van der Waals surface area (Å²) >= 11 is 0. The van der Waals surface area contributed by atoms with Gasteiger partial charge in [0.1, 0.15) is 5.75 Å². The van der Waals surface area contributed by atoms with Crippen LogP contribution in [0.25, 0.3) is 0 Å². The van der Waals surface area contributed by atoms with E-state index in [1.807, 2.05) is 31.2 Å². The van der Waals surface area contributed by atoms with Crippen molar-refractivity contribution in [2.24, 2.45) is 0 Å². The van der Waals surface area contributed by atoms with Crippen molar-refractivity contribution in [3.63, 3.8) is 0 Å². The number of anilines is 3. The molecule has 0 atom stereocenters. The lowest BCUT2D eigenvalue weighted by Crippen LogP contribution is -2.46. The minimum atomic E-state index is -3.90. The molecule has 4 rings (SSSR count). The van der Waals surface area contributed by atoms with Gasteiger partial charge in [0.15, 0.2) is 0 Å². The summed E-state index contributed by atoms with van der Waals surface area (Å²) in [5, 5.41) is 9.48. The Labute approximate surface area is 205 Å². The van der Waals surface area contributed by atoms with Crippen LogP contribution in [0.15, 0.2) is 71.6 Å². The molecule has 1 saturated heterocycles. The van der Waals surface area contributed by atoms with Gasteiger partial charge in [0.05, 0.1) is 34.6 Å². The van der Waals surface area contributed by atoms with Crippen LogP contribution in [0.2, 0.25) is 0 Å². The lowest BCUT2D eigenvalue weighted by molar-refractivity contribution is 0.0697. The first-order chi connectivity index (χ1) is 16.8. The third kappa shape index (κ3) is 5.35. The predicted octanol–water partition coefficient (Wildman–Crippen LogP) is 4.08. The Balaban J connectivity index is 1.59.